The van der Waals surface area contributed by atoms with Gasteiger partial charge in [0.2, 0.25) is 0 Å². The van der Waals surface area contributed by atoms with Crippen molar-refractivity contribution in [1.82, 2.24) is 0 Å². The molecule has 1 nitrogen and oxygen atoms in total. The van der Waals surface area contributed by atoms with E-state index in [0.29, 0.717) is 23.5 Å². The highest BCUT2D eigenvalue weighted by Crippen LogP contribution is 2.34. The van der Waals surface area contributed by atoms with Crippen LogP contribution >= 0.6 is 0 Å². The Hall–Kier alpha value is -0.330. The number of Topliss-reactive ketones (excluding diaryl/α,β-unsaturated/α-hetero) is 1. The molecule has 76 valence electrons. The number of ketones is 1. The van der Waals surface area contributed by atoms with Crippen LogP contribution in [0.5, 0.6) is 0 Å². The van der Waals surface area contributed by atoms with Crippen molar-refractivity contribution in [2.24, 2.45) is 23.7 Å². The summed E-state index contributed by atoms with van der Waals surface area (Å²) in [6, 6.07) is 0. The van der Waals surface area contributed by atoms with Crippen molar-refractivity contribution in [1.29, 1.82) is 0 Å². The highest BCUT2D eigenvalue weighted by Gasteiger charge is 2.30. The summed E-state index contributed by atoms with van der Waals surface area (Å²) in [5.41, 5.74) is 0. The molecule has 0 N–H and O–H groups in total. The Morgan fingerprint density at radius 2 is 2.00 bits per heavy atom. The van der Waals surface area contributed by atoms with Crippen LogP contribution in [-0.4, -0.2) is 5.78 Å². The predicted octanol–water partition coefficient (Wildman–Crippen LogP) is 3.28. The zero-order valence-corrected chi connectivity index (χ0v) is 9.34. The second-order valence-corrected chi connectivity index (χ2v) is 5.17. The van der Waals surface area contributed by atoms with E-state index in [-0.39, 0.29) is 0 Å². The van der Waals surface area contributed by atoms with E-state index in [1.165, 1.54) is 12.8 Å². The van der Waals surface area contributed by atoms with Gasteiger partial charge in [0.15, 0.2) is 0 Å². The fourth-order valence-corrected chi connectivity index (χ4v) is 2.45. The number of hydrogen-bond acceptors (Lipinski definition) is 1. The molecule has 1 saturated carbocycles. The van der Waals surface area contributed by atoms with Gasteiger partial charge in [-0.05, 0) is 30.6 Å². The Bertz CT molecular complexity index is 184. The third-order valence-corrected chi connectivity index (χ3v) is 3.36. The molecular weight excluding hydrogens is 160 g/mol. The Balaban J connectivity index is 2.48. The summed E-state index contributed by atoms with van der Waals surface area (Å²) in [5, 5.41) is 0. The molecule has 0 aromatic rings. The number of carbonyl (C=O) groups is 1. The van der Waals surface area contributed by atoms with E-state index < -0.39 is 0 Å². The lowest BCUT2D eigenvalue weighted by Gasteiger charge is -2.31. The van der Waals surface area contributed by atoms with Gasteiger partial charge in [-0.1, -0.05) is 27.7 Å². The second-order valence-electron chi connectivity index (χ2n) is 5.17. The Kier molecular flexibility index (Phi) is 3.52. The van der Waals surface area contributed by atoms with Gasteiger partial charge in [0.1, 0.15) is 5.78 Å². The third kappa shape index (κ3) is 2.82. The molecule has 0 aromatic heterocycles. The third-order valence-electron chi connectivity index (χ3n) is 3.36. The van der Waals surface area contributed by atoms with Gasteiger partial charge in [0, 0.05) is 12.3 Å². The summed E-state index contributed by atoms with van der Waals surface area (Å²) >= 11 is 0. The molecule has 1 aliphatic rings. The largest absolute Gasteiger partial charge is 0.299 e. The molecule has 1 fully saturated rings. The first-order chi connectivity index (χ1) is 6.00. The SMILES string of the molecule is CC(C)CC1CC(=O)C(C)C(C)C1. The molecule has 13 heavy (non-hydrogen) atoms. The van der Waals surface area contributed by atoms with E-state index in [0.717, 1.165) is 12.3 Å². The molecule has 3 atom stereocenters. The summed E-state index contributed by atoms with van der Waals surface area (Å²) in [5.74, 6) is 2.80. The predicted molar refractivity (Wildman–Crippen MR) is 55.5 cm³/mol. The summed E-state index contributed by atoms with van der Waals surface area (Å²) in [7, 11) is 0. The quantitative estimate of drug-likeness (QED) is 0.640. The van der Waals surface area contributed by atoms with Crippen molar-refractivity contribution < 1.29 is 4.79 Å². The van der Waals surface area contributed by atoms with Crippen molar-refractivity contribution in [3.05, 3.63) is 0 Å². The van der Waals surface area contributed by atoms with Crippen LogP contribution in [0.2, 0.25) is 0 Å². The van der Waals surface area contributed by atoms with Crippen LogP contribution in [0, 0.1) is 23.7 Å². The van der Waals surface area contributed by atoms with Crippen LogP contribution in [0.4, 0.5) is 0 Å². The Morgan fingerprint density at radius 3 is 2.46 bits per heavy atom. The molecule has 0 aliphatic heterocycles. The van der Waals surface area contributed by atoms with Crippen molar-refractivity contribution in [2.75, 3.05) is 0 Å². The van der Waals surface area contributed by atoms with E-state index in [2.05, 4.69) is 27.7 Å². The normalized spacial score (nSPS) is 35.5. The molecule has 0 spiro atoms. The van der Waals surface area contributed by atoms with Gasteiger partial charge in [-0.15, -0.1) is 0 Å². The lowest BCUT2D eigenvalue weighted by molar-refractivity contribution is -0.127. The summed E-state index contributed by atoms with van der Waals surface area (Å²) < 4.78 is 0. The van der Waals surface area contributed by atoms with Gasteiger partial charge in [-0.25, -0.2) is 0 Å². The van der Waals surface area contributed by atoms with Crippen LogP contribution < -0.4 is 0 Å². The van der Waals surface area contributed by atoms with Crippen LogP contribution in [-0.2, 0) is 4.79 Å². The Morgan fingerprint density at radius 1 is 1.38 bits per heavy atom. The van der Waals surface area contributed by atoms with Crippen LogP contribution in [0.1, 0.15) is 47.0 Å². The average molecular weight is 182 g/mol. The maximum absolute atomic E-state index is 11.6. The molecule has 1 rings (SSSR count). The van der Waals surface area contributed by atoms with E-state index in [9.17, 15) is 4.79 Å². The standard InChI is InChI=1S/C12H22O/c1-8(2)5-11-6-9(3)10(4)12(13)7-11/h8-11H,5-7H2,1-4H3. The van der Waals surface area contributed by atoms with Gasteiger partial charge in [0.25, 0.3) is 0 Å². The van der Waals surface area contributed by atoms with Crippen molar-refractivity contribution in [3.8, 4) is 0 Å². The first kappa shape index (κ1) is 10.7. The molecule has 0 saturated heterocycles. The van der Waals surface area contributed by atoms with Crippen LogP contribution in [0.15, 0.2) is 0 Å². The topological polar surface area (TPSA) is 17.1 Å². The molecule has 1 aliphatic carbocycles. The fraction of sp³-hybridized carbons (Fsp3) is 0.917. The summed E-state index contributed by atoms with van der Waals surface area (Å²) in [6.45, 7) is 8.79. The minimum absolute atomic E-state index is 0.309. The van der Waals surface area contributed by atoms with Gasteiger partial charge in [-0.2, -0.15) is 0 Å². The molecular formula is C12H22O. The van der Waals surface area contributed by atoms with E-state index in [4.69, 9.17) is 0 Å². The summed E-state index contributed by atoms with van der Waals surface area (Å²) in [4.78, 5) is 11.6. The van der Waals surface area contributed by atoms with Gasteiger partial charge in [0.05, 0.1) is 0 Å². The van der Waals surface area contributed by atoms with Crippen molar-refractivity contribution in [3.63, 3.8) is 0 Å². The number of carbonyl (C=O) groups excluding carboxylic acids is 1. The van der Waals surface area contributed by atoms with Crippen molar-refractivity contribution in [2.45, 2.75) is 47.0 Å². The first-order valence-corrected chi connectivity index (χ1v) is 5.53. The highest BCUT2D eigenvalue weighted by atomic mass is 16.1. The van der Waals surface area contributed by atoms with Gasteiger partial charge in [-0.3, -0.25) is 4.79 Å². The zero-order valence-electron chi connectivity index (χ0n) is 9.34. The number of hydrogen-bond donors (Lipinski definition) is 0. The van der Waals surface area contributed by atoms with E-state index in [1.54, 1.807) is 0 Å². The Labute approximate surface area is 81.9 Å². The number of rotatable bonds is 2. The van der Waals surface area contributed by atoms with Crippen molar-refractivity contribution >= 4 is 5.78 Å². The van der Waals surface area contributed by atoms with E-state index >= 15 is 0 Å². The lowest BCUT2D eigenvalue weighted by atomic mass is 9.73. The maximum Gasteiger partial charge on any atom is 0.136 e. The fourth-order valence-electron chi connectivity index (χ4n) is 2.45. The molecule has 3 unspecified atom stereocenters. The van der Waals surface area contributed by atoms with Crippen LogP contribution in [0.25, 0.3) is 0 Å². The average Bonchev–Trinajstić information content (AvgIpc) is 1.98. The monoisotopic (exact) mass is 182 g/mol. The molecule has 0 radical (unpaired) electrons. The lowest BCUT2D eigenvalue weighted by Crippen LogP contribution is -2.30. The minimum Gasteiger partial charge on any atom is -0.299 e. The molecule has 1 heteroatoms. The highest BCUT2D eigenvalue weighted by molar-refractivity contribution is 5.81. The molecule has 0 aromatic carbocycles. The zero-order chi connectivity index (χ0) is 10.0. The van der Waals surface area contributed by atoms with Crippen LogP contribution in [0.3, 0.4) is 0 Å². The summed E-state index contributed by atoms with van der Waals surface area (Å²) in [6.07, 6.45) is 3.32. The second kappa shape index (κ2) is 4.26. The maximum atomic E-state index is 11.6. The van der Waals surface area contributed by atoms with E-state index in [1.807, 2.05) is 0 Å². The first-order valence-electron chi connectivity index (χ1n) is 5.53. The minimum atomic E-state index is 0.309. The molecule has 0 bridgehead atoms. The molecule has 0 amide bonds. The smallest absolute Gasteiger partial charge is 0.136 e. The van der Waals surface area contributed by atoms with Gasteiger partial charge < -0.3 is 0 Å². The van der Waals surface area contributed by atoms with Gasteiger partial charge >= 0.3 is 0 Å². The molecule has 0 heterocycles.